The highest BCUT2D eigenvalue weighted by Gasteiger charge is 2.13. The van der Waals surface area contributed by atoms with Crippen LogP contribution >= 0.6 is 0 Å². The second-order valence-corrected chi connectivity index (χ2v) is 7.13. The summed E-state index contributed by atoms with van der Waals surface area (Å²) in [6, 6.07) is 33.5. The van der Waals surface area contributed by atoms with Gasteiger partial charge in [0.15, 0.2) is 0 Å². The zero-order chi connectivity index (χ0) is 19.2. The second kappa shape index (κ2) is 6.28. The molecule has 29 heavy (non-hydrogen) atoms. The molecule has 0 N–H and O–H groups in total. The van der Waals surface area contributed by atoms with E-state index in [-0.39, 0.29) is 0 Å². The van der Waals surface area contributed by atoms with Gasteiger partial charge in [-0.2, -0.15) is 0 Å². The lowest BCUT2D eigenvalue weighted by Gasteiger charge is -2.10. The summed E-state index contributed by atoms with van der Waals surface area (Å²) in [7, 11) is 0. The minimum absolute atomic E-state index is 0.876. The molecule has 136 valence electrons. The average molecular weight is 371 g/mol. The molecule has 6 aromatic rings. The highest BCUT2D eigenvalue weighted by molar-refractivity contribution is 6.09. The molecule has 0 fully saturated rings. The van der Waals surface area contributed by atoms with Gasteiger partial charge in [0.1, 0.15) is 5.82 Å². The molecule has 3 aromatic heterocycles. The van der Waals surface area contributed by atoms with Crippen molar-refractivity contribution in [3.05, 3.63) is 103 Å². The maximum Gasteiger partial charge on any atom is 0.138 e. The molecule has 3 nitrogen and oxygen atoms in total. The summed E-state index contributed by atoms with van der Waals surface area (Å²) < 4.78 is 2.24. The Hall–Kier alpha value is -3.98. The number of fused-ring (bicyclic) bond motifs is 4. The van der Waals surface area contributed by atoms with Crippen LogP contribution in [-0.2, 0) is 0 Å². The molecule has 3 heteroatoms. The van der Waals surface area contributed by atoms with Crippen molar-refractivity contribution in [1.82, 2.24) is 14.5 Å². The van der Waals surface area contributed by atoms with Crippen molar-refractivity contribution in [1.29, 1.82) is 0 Å². The van der Waals surface area contributed by atoms with Gasteiger partial charge >= 0.3 is 0 Å². The Kier molecular flexibility index (Phi) is 3.47. The third-order valence-corrected chi connectivity index (χ3v) is 5.46. The molecule has 0 aliphatic heterocycles. The lowest BCUT2D eigenvalue weighted by atomic mass is 10.1. The summed E-state index contributed by atoms with van der Waals surface area (Å²) in [5, 5.41) is 4.75. The van der Waals surface area contributed by atoms with Gasteiger partial charge in [0, 0.05) is 22.4 Å². The molecule has 0 aliphatic rings. The normalized spacial score (nSPS) is 11.4. The fourth-order valence-corrected chi connectivity index (χ4v) is 4.17. The molecule has 0 saturated carbocycles. The van der Waals surface area contributed by atoms with Crippen molar-refractivity contribution in [2.75, 3.05) is 0 Å². The van der Waals surface area contributed by atoms with Crippen molar-refractivity contribution >= 4 is 32.6 Å². The first-order chi connectivity index (χ1) is 14.4. The van der Waals surface area contributed by atoms with Crippen LogP contribution in [0.25, 0.3) is 49.8 Å². The van der Waals surface area contributed by atoms with Crippen LogP contribution in [0.15, 0.2) is 103 Å². The van der Waals surface area contributed by atoms with Crippen molar-refractivity contribution in [2.45, 2.75) is 0 Å². The zero-order valence-electron chi connectivity index (χ0n) is 15.7. The van der Waals surface area contributed by atoms with Gasteiger partial charge in [-0.15, -0.1) is 0 Å². The summed E-state index contributed by atoms with van der Waals surface area (Å²) >= 11 is 0. The van der Waals surface area contributed by atoms with E-state index in [1.165, 1.54) is 16.2 Å². The maximum atomic E-state index is 5.04. The van der Waals surface area contributed by atoms with Gasteiger partial charge in [0.25, 0.3) is 0 Å². The fourth-order valence-electron chi connectivity index (χ4n) is 4.17. The number of benzene rings is 3. The standard InChI is InChI=1S/C26H17N3/c1-2-9-19-18(8-1)16-17-27-26(19)22-12-7-15-25(28-22)29-23-13-5-3-10-20(23)21-11-4-6-14-24(21)29/h1-17H. The van der Waals surface area contributed by atoms with Crippen LogP contribution in [-0.4, -0.2) is 14.5 Å². The van der Waals surface area contributed by atoms with Gasteiger partial charge in [0.05, 0.1) is 22.4 Å². The van der Waals surface area contributed by atoms with Gasteiger partial charge in [-0.05, 0) is 35.7 Å². The molecule has 0 unspecified atom stereocenters. The predicted octanol–water partition coefficient (Wildman–Crippen LogP) is 6.39. The first kappa shape index (κ1) is 16.0. The van der Waals surface area contributed by atoms with Crippen molar-refractivity contribution in [3.63, 3.8) is 0 Å². The maximum absolute atomic E-state index is 5.04. The van der Waals surface area contributed by atoms with E-state index in [9.17, 15) is 0 Å². The molecule has 0 radical (unpaired) electrons. The molecule has 0 spiro atoms. The number of nitrogens with zero attached hydrogens (tertiary/aromatic N) is 3. The Balaban J connectivity index is 1.64. The molecule has 3 heterocycles. The number of hydrogen-bond donors (Lipinski definition) is 0. The minimum atomic E-state index is 0.876. The van der Waals surface area contributed by atoms with Gasteiger partial charge < -0.3 is 0 Å². The zero-order valence-corrected chi connectivity index (χ0v) is 15.7. The number of para-hydroxylation sites is 2. The monoisotopic (exact) mass is 371 g/mol. The molecule has 0 saturated heterocycles. The Morgan fingerprint density at radius 3 is 1.97 bits per heavy atom. The van der Waals surface area contributed by atoms with Crippen LogP contribution in [0.3, 0.4) is 0 Å². The summed E-state index contributed by atoms with van der Waals surface area (Å²) in [5.74, 6) is 0.898. The molecule has 0 aliphatic carbocycles. The van der Waals surface area contributed by atoms with Crippen LogP contribution in [0.2, 0.25) is 0 Å². The SMILES string of the molecule is c1cc(-c2nccc3ccccc23)nc(-n2c3ccccc3c3ccccc32)c1. The van der Waals surface area contributed by atoms with E-state index in [0.29, 0.717) is 0 Å². The first-order valence-electron chi connectivity index (χ1n) is 9.70. The third kappa shape index (κ3) is 2.44. The molecule has 0 atom stereocenters. The van der Waals surface area contributed by atoms with E-state index < -0.39 is 0 Å². The van der Waals surface area contributed by atoms with Crippen molar-refractivity contribution in [3.8, 4) is 17.2 Å². The third-order valence-electron chi connectivity index (χ3n) is 5.46. The first-order valence-corrected chi connectivity index (χ1v) is 9.70. The van der Waals surface area contributed by atoms with Gasteiger partial charge in [-0.1, -0.05) is 66.7 Å². The molecule has 0 amide bonds. The van der Waals surface area contributed by atoms with E-state index in [1.807, 2.05) is 30.5 Å². The fraction of sp³-hybridized carbons (Fsp3) is 0. The van der Waals surface area contributed by atoms with Crippen LogP contribution < -0.4 is 0 Å². The average Bonchev–Trinajstić information content (AvgIpc) is 3.13. The van der Waals surface area contributed by atoms with E-state index >= 15 is 0 Å². The number of hydrogen-bond acceptors (Lipinski definition) is 2. The van der Waals surface area contributed by atoms with E-state index in [1.54, 1.807) is 0 Å². The van der Waals surface area contributed by atoms with Gasteiger partial charge in [-0.3, -0.25) is 9.55 Å². The molecular weight excluding hydrogens is 354 g/mol. The summed E-state index contributed by atoms with van der Waals surface area (Å²) in [6.45, 7) is 0. The van der Waals surface area contributed by atoms with Gasteiger partial charge in [0.2, 0.25) is 0 Å². The summed E-state index contributed by atoms with van der Waals surface area (Å²) in [5.41, 5.74) is 4.10. The van der Waals surface area contributed by atoms with E-state index in [0.717, 1.165) is 33.6 Å². The Bertz CT molecular complexity index is 1450. The Morgan fingerprint density at radius 2 is 1.21 bits per heavy atom. The number of pyridine rings is 2. The molecule has 6 rings (SSSR count). The van der Waals surface area contributed by atoms with Crippen LogP contribution in [0.4, 0.5) is 0 Å². The Morgan fingerprint density at radius 1 is 0.552 bits per heavy atom. The lowest BCUT2D eigenvalue weighted by molar-refractivity contribution is 1.08. The minimum Gasteiger partial charge on any atom is -0.294 e. The highest BCUT2D eigenvalue weighted by atomic mass is 15.1. The summed E-state index contributed by atoms with van der Waals surface area (Å²) in [4.78, 5) is 9.69. The molecule has 3 aromatic carbocycles. The predicted molar refractivity (Wildman–Crippen MR) is 119 cm³/mol. The molecular formula is C26H17N3. The largest absolute Gasteiger partial charge is 0.294 e. The topological polar surface area (TPSA) is 30.7 Å². The van der Waals surface area contributed by atoms with Crippen molar-refractivity contribution in [2.24, 2.45) is 0 Å². The quantitative estimate of drug-likeness (QED) is 0.353. The smallest absolute Gasteiger partial charge is 0.138 e. The van der Waals surface area contributed by atoms with E-state index in [2.05, 4.69) is 82.3 Å². The summed E-state index contributed by atoms with van der Waals surface area (Å²) in [6.07, 6.45) is 1.85. The van der Waals surface area contributed by atoms with Gasteiger partial charge in [-0.25, -0.2) is 4.98 Å². The van der Waals surface area contributed by atoms with Crippen LogP contribution in [0.1, 0.15) is 0 Å². The van der Waals surface area contributed by atoms with E-state index in [4.69, 9.17) is 4.98 Å². The molecule has 0 bridgehead atoms. The van der Waals surface area contributed by atoms with Crippen LogP contribution in [0, 0.1) is 0 Å². The Labute approximate surface area is 167 Å². The lowest BCUT2D eigenvalue weighted by Crippen LogP contribution is -1.99. The second-order valence-electron chi connectivity index (χ2n) is 7.13. The van der Waals surface area contributed by atoms with Crippen LogP contribution in [0.5, 0.6) is 0 Å². The highest BCUT2D eigenvalue weighted by Crippen LogP contribution is 2.32. The number of aromatic nitrogens is 3. The van der Waals surface area contributed by atoms with Crippen molar-refractivity contribution < 1.29 is 0 Å². The number of rotatable bonds is 2.